The third-order valence-corrected chi connectivity index (χ3v) is 6.71. The monoisotopic (exact) mass is 472 g/mol. The Morgan fingerprint density at radius 1 is 1.11 bits per heavy atom. The molecule has 9 nitrogen and oxygen atoms in total. The number of aromatic nitrogens is 5. The molecule has 0 saturated heterocycles. The highest BCUT2D eigenvalue weighted by Crippen LogP contribution is 2.33. The molecule has 0 radical (unpaired) electrons. The van der Waals surface area contributed by atoms with Crippen LogP contribution in [0.25, 0.3) is 22.4 Å². The van der Waals surface area contributed by atoms with Gasteiger partial charge in [-0.3, -0.25) is 4.98 Å². The number of aliphatic hydroxyl groups is 1. The third-order valence-electron chi connectivity index (χ3n) is 6.71. The number of hydrogen-bond donors (Lipinski definition) is 4. The highest BCUT2D eigenvalue weighted by atomic mass is 16.3. The lowest BCUT2D eigenvalue weighted by Gasteiger charge is -2.17. The van der Waals surface area contributed by atoms with Crippen molar-refractivity contribution in [3.8, 4) is 11.3 Å². The van der Waals surface area contributed by atoms with Crippen molar-refractivity contribution in [1.82, 2.24) is 24.5 Å². The molecule has 5 N–H and O–H groups in total. The van der Waals surface area contributed by atoms with Crippen molar-refractivity contribution >= 4 is 28.6 Å². The Balaban J connectivity index is 1.41. The molecule has 1 fully saturated rings. The van der Waals surface area contributed by atoms with Gasteiger partial charge in [-0.15, -0.1) is 0 Å². The molecule has 3 heterocycles. The Hall–Kier alpha value is -3.72. The predicted molar refractivity (Wildman–Crippen MR) is 139 cm³/mol. The SMILES string of the molecule is CC[C@H](CO)Nc1nc(NCc2ccc(-c3ccccc3N)nc2)c2ncn(C3CCCC3)c2n1. The van der Waals surface area contributed by atoms with E-state index in [1.165, 1.54) is 12.8 Å². The summed E-state index contributed by atoms with van der Waals surface area (Å²) in [6.07, 6.45) is 9.23. The number of anilines is 3. The number of hydrogen-bond acceptors (Lipinski definition) is 8. The molecule has 5 rings (SSSR count). The molecule has 1 aliphatic carbocycles. The zero-order chi connectivity index (χ0) is 24.2. The van der Waals surface area contributed by atoms with Gasteiger partial charge in [0, 0.05) is 30.0 Å². The lowest BCUT2D eigenvalue weighted by molar-refractivity contribution is 0.271. The first-order chi connectivity index (χ1) is 17.2. The Labute approximate surface area is 204 Å². The largest absolute Gasteiger partial charge is 0.398 e. The molecular weight excluding hydrogens is 440 g/mol. The van der Waals surface area contributed by atoms with Crippen LogP contribution in [0.4, 0.5) is 17.5 Å². The first-order valence-corrected chi connectivity index (χ1v) is 12.3. The Morgan fingerprint density at radius 3 is 2.66 bits per heavy atom. The zero-order valence-electron chi connectivity index (χ0n) is 20.0. The van der Waals surface area contributed by atoms with Crippen LogP contribution in [0.1, 0.15) is 50.6 Å². The maximum atomic E-state index is 9.67. The molecule has 1 aromatic carbocycles. The fraction of sp³-hybridized carbons (Fsp3) is 0.385. The Bertz CT molecular complexity index is 1280. The topological polar surface area (TPSA) is 127 Å². The van der Waals surface area contributed by atoms with E-state index in [-0.39, 0.29) is 12.6 Å². The minimum atomic E-state index is -0.106. The summed E-state index contributed by atoms with van der Waals surface area (Å²) in [7, 11) is 0. The van der Waals surface area contributed by atoms with Crippen LogP contribution < -0.4 is 16.4 Å². The van der Waals surface area contributed by atoms with Crippen LogP contribution in [0, 0.1) is 0 Å². The summed E-state index contributed by atoms with van der Waals surface area (Å²) >= 11 is 0. The summed E-state index contributed by atoms with van der Waals surface area (Å²) < 4.78 is 2.18. The molecule has 0 bridgehead atoms. The molecule has 9 heteroatoms. The second-order valence-electron chi connectivity index (χ2n) is 9.08. The quantitative estimate of drug-likeness (QED) is 0.264. The van der Waals surface area contributed by atoms with E-state index in [0.717, 1.165) is 47.2 Å². The average Bonchev–Trinajstić information content (AvgIpc) is 3.56. The summed E-state index contributed by atoms with van der Waals surface area (Å²) in [5.74, 6) is 1.16. The van der Waals surface area contributed by atoms with E-state index in [2.05, 4.69) is 25.2 Å². The third kappa shape index (κ3) is 4.90. The first-order valence-electron chi connectivity index (χ1n) is 12.3. The van der Waals surface area contributed by atoms with E-state index in [1.807, 2.05) is 55.8 Å². The van der Waals surface area contributed by atoms with Crippen molar-refractivity contribution < 1.29 is 5.11 Å². The fourth-order valence-electron chi connectivity index (χ4n) is 4.62. The Kier molecular flexibility index (Phi) is 6.76. The van der Waals surface area contributed by atoms with E-state index in [4.69, 9.17) is 15.7 Å². The number of imidazole rings is 1. The van der Waals surface area contributed by atoms with Gasteiger partial charge >= 0.3 is 0 Å². The fourth-order valence-corrected chi connectivity index (χ4v) is 4.62. The molecule has 182 valence electrons. The minimum absolute atomic E-state index is 0.0203. The van der Waals surface area contributed by atoms with Crippen LogP contribution in [-0.2, 0) is 6.54 Å². The summed E-state index contributed by atoms with van der Waals surface area (Å²) in [6, 6.07) is 12.0. The zero-order valence-corrected chi connectivity index (χ0v) is 20.0. The first kappa shape index (κ1) is 23.0. The van der Waals surface area contributed by atoms with Crippen LogP contribution in [0.3, 0.4) is 0 Å². The molecule has 0 amide bonds. The van der Waals surface area contributed by atoms with Gasteiger partial charge in [0.25, 0.3) is 0 Å². The van der Waals surface area contributed by atoms with Crippen LogP contribution in [0.5, 0.6) is 0 Å². The lowest BCUT2D eigenvalue weighted by Crippen LogP contribution is -2.24. The normalized spacial score (nSPS) is 14.9. The van der Waals surface area contributed by atoms with Gasteiger partial charge < -0.3 is 26.0 Å². The molecule has 4 aromatic rings. The standard InChI is InChI=1S/C26H32N8O/c1-2-18(15-35)31-26-32-24(23-25(33-26)34(16-30-23)19-7-3-4-8-19)29-14-17-11-12-22(28-13-17)20-9-5-6-10-21(20)27/h5-6,9-13,16,18-19,35H,2-4,7-8,14-15,27H2,1H3,(H2,29,31,32,33)/t18-/m1/s1. The maximum absolute atomic E-state index is 9.67. The van der Waals surface area contributed by atoms with Gasteiger partial charge in [0.05, 0.1) is 24.7 Å². The highest BCUT2D eigenvalue weighted by molar-refractivity contribution is 5.84. The van der Waals surface area contributed by atoms with E-state index in [0.29, 0.717) is 30.0 Å². The molecular formula is C26H32N8O. The van der Waals surface area contributed by atoms with E-state index in [1.54, 1.807) is 0 Å². The number of para-hydroxylation sites is 1. The predicted octanol–water partition coefficient (Wildman–Crippen LogP) is 4.38. The number of nitrogens with zero attached hydrogens (tertiary/aromatic N) is 5. The number of fused-ring (bicyclic) bond motifs is 1. The van der Waals surface area contributed by atoms with E-state index < -0.39 is 0 Å². The van der Waals surface area contributed by atoms with Crippen LogP contribution in [0.15, 0.2) is 48.9 Å². The molecule has 3 aromatic heterocycles. The number of nitrogen functional groups attached to an aromatic ring is 1. The van der Waals surface area contributed by atoms with Crippen molar-refractivity contribution in [1.29, 1.82) is 0 Å². The van der Waals surface area contributed by atoms with Gasteiger partial charge in [-0.1, -0.05) is 44.0 Å². The number of pyridine rings is 1. The van der Waals surface area contributed by atoms with Crippen LogP contribution in [-0.4, -0.2) is 42.3 Å². The van der Waals surface area contributed by atoms with Crippen LogP contribution >= 0.6 is 0 Å². The number of nitrogens with one attached hydrogen (secondary N) is 2. The van der Waals surface area contributed by atoms with Crippen molar-refractivity contribution in [2.24, 2.45) is 0 Å². The summed E-state index contributed by atoms with van der Waals surface area (Å²) in [4.78, 5) is 18.8. The second-order valence-corrected chi connectivity index (χ2v) is 9.08. The summed E-state index contributed by atoms with van der Waals surface area (Å²) in [6.45, 7) is 2.58. The number of benzene rings is 1. The van der Waals surface area contributed by atoms with Gasteiger partial charge in [0.15, 0.2) is 17.0 Å². The van der Waals surface area contributed by atoms with Crippen molar-refractivity contribution in [2.45, 2.75) is 57.7 Å². The highest BCUT2D eigenvalue weighted by Gasteiger charge is 2.22. The summed E-state index contributed by atoms with van der Waals surface area (Å²) in [5.41, 5.74) is 11.2. The molecule has 1 atom stereocenters. The van der Waals surface area contributed by atoms with Crippen molar-refractivity contribution in [3.63, 3.8) is 0 Å². The number of aliphatic hydroxyl groups excluding tert-OH is 1. The van der Waals surface area contributed by atoms with Gasteiger partial charge in [0.2, 0.25) is 5.95 Å². The molecule has 1 aliphatic rings. The number of nitrogens with two attached hydrogens (primary N) is 1. The average molecular weight is 473 g/mol. The molecule has 35 heavy (non-hydrogen) atoms. The van der Waals surface area contributed by atoms with Crippen LogP contribution in [0.2, 0.25) is 0 Å². The van der Waals surface area contributed by atoms with Crippen molar-refractivity contribution in [2.75, 3.05) is 23.0 Å². The summed E-state index contributed by atoms with van der Waals surface area (Å²) in [5, 5.41) is 16.4. The smallest absolute Gasteiger partial charge is 0.227 e. The number of rotatable bonds is 9. The maximum Gasteiger partial charge on any atom is 0.227 e. The van der Waals surface area contributed by atoms with E-state index >= 15 is 0 Å². The van der Waals surface area contributed by atoms with Gasteiger partial charge in [0.1, 0.15) is 0 Å². The molecule has 0 unspecified atom stereocenters. The van der Waals surface area contributed by atoms with Gasteiger partial charge in [-0.2, -0.15) is 9.97 Å². The molecule has 0 spiro atoms. The minimum Gasteiger partial charge on any atom is -0.398 e. The lowest BCUT2D eigenvalue weighted by atomic mass is 10.1. The molecule has 1 saturated carbocycles. The Morgan fingerprint density at radius 2 is 1.94 bits per heavy atom. The van der Waals surface area contributed by atoms with Gasteiger partial charge in [-0.25, -0.2) is 4.98 Å². The van der Waals surface area contributed by atoms with Gasteiger partial charge in [-0.05, 0) is 37.0 Å². The van der Waals surface area contributed by atoms with Crippen molar-refractivity contribution in [3.05, 3.63) is 54.5 Å². The van der Waals surface area contributed by atoms with E-state index in [9.17, 15) is 5.11 Å². The molecule has 0 aliphatic heterocycles. The second kappa shape index (κ2) is 10.3.